The number of hydrogen-bond donors (Lipinski definition) is 1. The Hall–Kier alpha value is -0.800. The summed E-state index contributed by atoms with van der Waals surface area (Å²) in [6.45, 7) is 6.23. The summed E-state index contributed by atoms with van der Waals surface area (Å²) >= 11 is 0. The first-order valence-electron chi connectivity index (χ1n) is 6.31. The summed E-state index contributed by atoms with van der Waals surface area (Å²) in [7, 11) is 0. The molecule has 0 aromatic carbocycles. The molecule has 3 heteroatoms. The summed E-state index contributed by atoms with van der Waals surface area (Å²) < 4.78 is 5.38. The molecular weight excluding hydrogens is 200 g/mol. The molecule has 2 N–H and O–H groups in total. The Labute approximate surface area is 98.6 Å². The van der Waals surface area contributed by atoms with Crippen LogP contribution in [0.1, 0.15) is 38.4 Å². The molecule has 0 radical (unpaired) electrons. The van der Waals surface area contributed by atoms with E-state index in [0.717, 1.165) is 38.4 Å². The monoisotopic (exact) mass is 224 g/mol. The molecule has 0 aliphatic carbocycles. The molecule has 1 aromatic heterocycles. The van der Waals surface area contributed by atoms with Crippen LogP contribution in [0.4, 0.5) is 0 Å². The molecule has 0 saturated carbocycles. The first-order chi connectivity index (χ1) is 7.86. The number of rotatable bonds is 9. The number of unbranched alkanes of at least 4 members (excludes halogenated alkanes) is 2. The van der Waals surface area contributed by atoms with E-state index in [4.69, 9.17) is 10.2 Å². The van der Waals surface area contributed by atoms with Crippen LogP contribution in [0.3, 0.4) is 0 Å². The van der Waals surface area contributed by atoms with Gasteiger partial charge in [0.1, 0.15) is 5.76 Å². The molecule has 0 fully saturated rings. The van der Waals surface area contributed by atoms with Crippen molar-refractivity contribution in [2.45, 2.75) is 39.2 Å². The highest BCUT2D eigenvalue weighted by atomic mass is 16.3. The average molecular weight is 224 g/mol. The second kappa shape index (κ2) is 8.36. The summed E-state index contributed by atoms with van der Waals surface area (Å²) in [5.74, 6) is 1.06. The first kappa shape index (κ1) is 13.3. The Morgan fingerprint density at radius 1 is 1.25 bits per heavy atom. The number of hydrogen-bond acceptors (Lipinski definition) is 3. The van der Waals surface area contributed by atoms with Gasteiger partial charge in [0, 0.05) is 0 Å². The second-order valence-electron chi connectivity index (χ2n) is 4.20. The van der Waals surface area contributed by atoms with Gasteiger partial charge in [-0.25, -0.2) is 0 Å². The van der Waals surface area contributed by atoms with Gasteiger partial charge in [0.25, 0.3) is 0 Å². The zero-order chi connectivity index (χ0) is 11.6. The quantitative estimate of drug-likeness (QED) is 0.656. The highest BCUT2D eigenvalue weighted by Crippen LogP contribution is 2.07. The molecule has 1 heterocycles. The fraction of sp³-hybridized carbons (Fsp3) is 0.692. The summed E-state index contributed by atoms with van der Waals surface area (Å²) in [5.41, 5.74) is 5.51. The number of furan rings is 1. The van der Waals surface area contributed by atoms with Crippen molar-refractivity contribution in [2.75, 3.05) is 19.6 Å². The van der Waals surface area contributed by atoms with Crippen LogP contribution >= 0.6 is 0 Å². The van der Waals surface area contributed by atoms with Gasteiger partial charge < -0.3 is 10.2 Å². The van der Waals surface area contributed by atoms with Crippen LogP contribution in [-0.2, 0) is 6.54 Å². The molecule has 0 aliphatic rings. The van der Waals surface area contributed by atoms with Crippen LogP contribution < -0.4 is 5.73 Å². The van der Waals surface area contributed by atoms with Gasteiger partial charge in [0.15, 0.2) is 0 Å². The van der Waals surface area contributed by atoms with Gasteiger partial charge in [0.2, 0.25) is 0 Å². The molecule has 0 aliphatic heterocycles. The maximum Gasteiger partial charge on any atom is 0.117 e. The minimum atomic E-state index is 0.794. The zero-order valence-corrected chi connectivity index (χ0v) is 10.3. The smallest absolute Gasteiger partial charge is 0.117 e. The van der Waals surface area contributed by atoms with E-state index in [2.05, 4.69) is 11.8 Å². The van der Waals surface area contributed by atoms with Crippen molar-refractivity contribution in [2.24, 2.45) is 5.73 Å². The third-order valence-electron chi connectivity index (χ3n) is 2.72. The lowest BCUT2D eigenvalue weighted by Gasteiger charge is -2.20. The molecule has 1 aromatic rings. The highest BCUT2D eigenvalue weighted by Gasteiger charge is 2.06. The minimum absolute atomic E-state index is 0.794. The van der Waals surface area contributed by atoms with Crippen molar-refractivity contribution in [1.82, 2.24) is 4.90 Å². The van der Waals surface area contributed by atoms with E-state index in [1.54, 1.807) is 6.26 Å². The molecule has 0 amide bonds. The Balaban J connectivity index is 2.31. The van der Waals surface area contributed by atoms with Crippen molar-refractivity contribution >= 4 is 0 Å². The van der Waals surface area contributed by atoms with E-state index in [1.165, 1.54) is 19.3 Å². The average Bonchev–Trinajstić information content (AvgIpc) is 2.78. The van der Waals surface area contributed by atoms with Crippen LogP contribution in [0.2, 0.25) is 0 Å². The predicted octanol–water partition coefficient (Wildman–Crippen LogP) is 2.62. The van der Waals surface area contributed by atoms with Crippen LogP contribution in [0.5, 0.6) is 0 Å². The van der Waals surface area contributed by atoms with Gasteiger partial charge in [-0.1, -0.05) is 13.3 Å². The second-order valence-corrected chi connectivity index (χ2v) is 4.20. The van der Waals surface area contributed by atoms with Crippen molar-refractivity contribution in [3.8, 4) is 0 Å². The molecule has 0 bridgehead atoms. The van der Waals surface area contributed by atoms with Gasteiger partial charge in [-0.05, 0) is 51.0 Å². The maximum absolute atomic E-state index is 5.51. The summed E-state index contributed by atoms with van der Waals surface area (Å²) in [5, 5.41) is 0. The molecule has 0 spiro atoms. The summed E-state index contributed by atoms with van der Waals surface area (Å²) in [4.78, 5) is 2.46. The summed E-state index contributed by atoms with van der Waals surface area (Å²) in [6.07, 6.45) is 6.53. The Bertz CT molecular complexity index is 246. The molecule has 0 unspecified atom stereocenters. The van der Waals surface area contributed by atoms with Crippen LogP contribution in [-0.4, -0.2) is 24.5 Å². The van der Waals surface area contributed by atoms with Gasteiger partial charge >= 0.3 is 0 Å². The fourth-order valence-electron chi connectivity index (χ4n) is 1.75. The normalized spacial score (nSPS) is 11.2. The standard InChI is InChI=1S/C13H24N2O/c1-2-3-9-15(10-5-4-8-14)12-13-7-6-11-16-13/h6-7,11H,2-5,8-10,12,14H2,1H3. The Morgan fingerprint density at radius 2 is 2.06 bits per heavy atom. The lowest BCUT2D eigenvalue weighted by molar-refractivity contribution is 0.236. The van der Waals surface area contributed by atoms with Gasteiger partial charge in [-0.15, -0.1) is 0 Å². The zero-order valence-electron chi connectivity index (χ0n) is 10.3. The van der Waals surface area contributed by atoms with E-state index in [9.17, 15) is 0 Å². The molecule has 3 nitrogen and oxygen atoms in total. The van der Waals surface area contributed by atoms with Crippen LogP contribution in [0, 0.1) is 0 Å². The number of nitrogens with two attached hydrogens (primary N) is 1. The van der Waals surface area contributed by atoms with Gasteiger partial charge in [-0.2, -0.15) is 0 Å². The largest absolute Gasteiger partial charge is 0.468 e. The van der Waals surface area contributed by atoms with E-state index in [-0.39, 0.29) is 0 Å². The van der Waals surface area contributed by atoms with E-state index in [0.29, 0.717) is 0 Å². The van der Waals surface area contributed by atoms with E-state index >= 15 is 0 Å². The van der Waals surface area contributed by atoms with Crippen molar-refractivity contribution in [1.29, 1.82) is 0 Å². The molecule has 16 heavy (non-hydrogen) atoms. The van der Waals surface area contributed by atoms with Crippen molar-refractivity contribution in [3.63, 3.8) is 0 Å². The molecule has 92 valence electrons. The minimum Gasteiger partial charge on any atom is -0.468 e. The lowest BCUT2D eigenvalue weighted by Crippen LogP contribution is -2.25. The fourth-order valence-corrected chi connectivity index (χ4v) is 1.75. The Kier molecular flexibility index (Phi) is 6.93. The van der Waals surface area contributed by atoms with E-state index < -0.39 is 0 Å². The van der Waals surface area contributed by atoms with Crippen LogP contribution in [0.15, 0.2) is 22.8 Å². The third kappa shape index (κ3) is 5.33. The lowest BCUT2D eigenvalue weighted by atomic mass is 10.2. The number of nitrogens with zero attached hydrogens (tertiary/aromatic N) is 1. The SMILES string of the molecule is CCCCN(CCCCN)Cc1ccco1. The van der Waals surface area contributed by atoms with Gasteiger partial charge in [-0.3, -0.25) is 4.90 Å². The van der Waals surface area contributed by atoms with Crippen molar-refractivity contribution in [3.05, 3.63) is 24.2 Å². The predicted molar refractivity (Wildman–Crippen MR) is 67.2 cm³/mol. The topological polar surface area (TPSA) is 42.4 Å². The molecule has 1 rings (SSSR count). The Morgan fingerprint density at radius 3 is 2.69 bits per heavy atom. The highest BCUT2D eigenvalue weighted by molar-refractivity contribution is 4.97. The molecule has 0 atom stereocenters. The third-order valence-corrected chi connectivity index (χ3v) is 2.72. The molecular formula is C13H24N2O. The van der Waals surface area contributed by atoms with Crippen molar-refractivity contribution < 1.29 is 4.42 Å². The van der Waals surface area contributed by atoms with Gasteiger partial charge in [0.05, 0.1) is 12.8 Å². The maximum atomic E-state index is 5.51. The van der Waals surface area contributed by atoms with Crippen LogP contribution in [0.25, 0.3) is 0 Å². The van der Waals surface area contributed by atoms with E-state index in [1.807, 2.05) is 12.1 Å². The molecule has 0 saturated heterocycles. The summed E-state index contributed by atoms with van der Waals surface area (Å²) in [6, 6.07) is 4.00. The first-order valence-corrected chi connectivity index (χ1v) is 6.31.